The van der Waals surface area contributed by atoms with Gasteiger partial charge in [0.2, 0.25) is 11.6 Å². The van der Waals surface area contributed by atoms with Gasteiger partial charge < -0.3 is 5.11 Å². The van der Waals surface area contributed by atoms with Crippen molar-refractivity contribution >= 4 is 22.9 Å². The minimum atomic E-state index is -0.450. The van der Waals surface area contributed by atoms with E-state index < -0.39 is 5.78 Å². The smallest absolute Gasteiger partial charge is 0.215 e. The highest BCUT2D eigenvalue weighted by Gasteiger charge is 2.12. The number of hydrogen-bond donors (Lipinski definition) is 2. The number of thiazole rings is 1. The van der Waals surface area contributed by atoms with Crippen LogP contribution in [0.15, 0.2) is 42.0 Å². The number of carbonyl (C=O) groups excluding carboxylic acids is 1. The molecule has 116 valence electrons. The van der Waals surface area contributed by atoms with Gasteiger partial charge in [-0.2, -0.15) is 5.10 Å². The first-order chi connectivity index (χ1) is 11.1. The van der Waals surface area contributed by atoms with Gasteiger partial charge in [0, 0.05) is 17.9 Å². The maximum Gasteiger partial charge on any atom is 0.215 e. The van der Waals surface area contributed by atoms with Gasteiger partial charge in [0.05, 0.1) is 5.01 Å². The van der Waals surface area contributed by atoms with Crippen molar-refractivity contribution in [3.05, 3.63) is 70.0 Å². The molecule has 0 fully saturated rings. The molecule has 0 spiro atoms. The van der Waals surface area contributed by atoms with E-state index in [2.05, 4.69) is 20.2 Å². The second-order valence-electron chi connectivity index (χ2n) is 4.65. The molecule has 2 heterocycles. The molecular weight excluding hydrogens is 319 g/mol. The Hall–Kier alpha value is -2.87. The number of carbonyl (C=O) groups is 1. The minimum absolute atomic E-state index is 0.0357. The summed E-state index contributed by atoms with van der Waals surface area (Å²) in [4.78, 5) is 20.0. The largest absolute Gasteiger partial charge is 0.504 e. The third-order valence-electron chi connectivity index (χ3n) is 2.96. The zero-order chi connectivity index (χ0) is 16.2. The molecular formula is C15H11FN4O2S. The zero-order valence-corrected chi connectivity index (χ0v) is 12.5. The average molecular weight is 330 g/mol. The molecule has 0 aliphatic rings. The SMILES string of the molecule is O=C(C=C(O)c1nc[nH]n1)c1csc(Cc2cccc(F)c2)n1. The van der Waals surface area contributed by atoms with Crippen molar-refractivity contribution in [2.24, 2.45) is 0 Å². The van der Waals surface area contributed by atoms with E-state index in [0.29, 0.717) is 11.4 Å². The van der Waals surface area contributed by atoms with E-state index in [1.54, 1.807) is 17.5 Å². The molecule has 0 unspecified atom stereocenters. The van der Waals surface area contributed by atoms with Crippen LogP contribution in [-0.2, 0) is 6.42 Å². The topological polar surface area (TPSA) is 91.8 Å². The standard InChI is InChI=1S/C15H11FN4O2S/c16-10-3-1-2-9(4-10)5-14-19-11(7-23-14)12(21)6-13(22)15-17-8-18-20-15/h1-4,6-8,22H,5H2,(H,17,18,20). The normalized spacial score (nSPS) is 11.6. The first-order valence-corrected chi connectivity index (χ1v) is 7.50. The van der Waals surface area contributed by atoms with Gasteiger partial charge in [0.15, 0.2) is 5.76 Å². The highest BCUT2D eigenvalue weighted by Crippen LogP contribution is 2.17. The Morgan fingerprint density at radius 1 is 1.43 bits per heavy atom. The molecule has 6 nitrogen and oxygen atoms in total. The molecule has 23 heavy (non-hydrogen) atoms. The van der Waals surface area contributed by atoms with Crippen LogP contribution in [0, 0.1) is 5.82 Å². The Balaban J connectivity index is 1.74. The van der Waals surface area contributed by atoms with Gasteiger partial charge in [-0.05, 0) is 17.7 Å². The summed E-state index contributed by atoms with van der Waals surface area (Å²) in [5, 5.41) is 18.1. The number of nitrogens with zero attached hydrogens (tertiary/aromatic N) is 3. The average Bonchev–Trinajstić information content (AvgIpc) is 3.18. The Bertz CT molecular complexity index is 858. The Morgan fingerprint density at radius 3 is 3.04 bits per heavy atom. The maximum atomic E-state index is 13.2. The molecule has 0 amide bonds. The van der Waals surface area contributed by atoms with Crippen LogP contribution in [0.3, 0.4) is 0 Å². The second-order valence-corrected chi connectivity index (χ2v) is 5.59. The number of nitrogens with one attached hydrogen (secondary N) is 1. The summed E-state index contributed by atoms with van der Waals surface area (Å²) >= 11 is 1.30. The maximum absolute atomic E-state index is 13.2. The third kappa shape index (κ3) is 3.67. The van der Waals surface area contributed by atoms with Crippen LogP contribution < -0.4 is 0 Å². The van der Waals surface area contributed by atoms with E-state index in [4.69, 9.17) is 0 Å². The van der Waals surface area contributed by atoms with Crippen LogP contribution in [0.25, 0.3) is 5.76 Å². The third-order valence-corrected chi connectivity index (χ3v) is 3.81. The molecule has 2 N–H and O–H groups in total. The van der Waals surface area contributed by atoms with Crippen LogP contribution in [0.5, 0.6) is 0 Å². The van der Waals surface area contributed by atoms with Crippen molar-refractivity contribution in [2.75, 3.05) is 0 Å². The Kier molecular flexibility index (Phi) is 4.24. The van der Waals surface area contributed by atoms with Crippen molar-refractivity contribution in [3.63, 3.8) is 0 Å². The van der Waals surface area contributed by atoms with E-state index in [0.717, 1.165) is 11.6 Å². The molecule has 0 saturated carbocycles. The lowest BCUT2D eigenvalue weighted by molar-refractivity contribution is 0.104. The van der Waals surface area contributed by atoms with Crippen LogP contribution in [0.4, 0.5) is 4.39 Å². The quantitative estimate of drug-likeness (QED) is 0.426. The van der Waals surface area contributed by atoms with Gasteiger partial charge in [-0.15, -0.1) is 11.3 Å². The van der Waals surface area contributed by atoms with Crippen LogP contribution in [0.2, 0.25) is 0 Å². The molecule has 8 heteroatoms. The van der Waals surface area contributed by atoms with E-state index >= 15 is 0 Å². The minimum Gasteiger partial charge on any atom is -0.504 e. The molecule has 3 aromatic rings. The number of H-pyrrole nitrogens is 1. The number of rotatable bonds is 5. The van der Waals surface area contributed by atoms with Gasteiger partial charge in [-0.3, -0.25) is 9.89 Å². The summed E-state index contributed by atoms with van der Waals surface area (Å²) in [6.07, 6.45) is 2.75. The molecule has 0 saturated heterocycles. The van der Waals surface area contributed by atoms with E-state index in [1.807, 2.05) is 0 Å². The lowest BCUT2D eigenvalue weighted by atomic mass is 10.1. The zero-order valence-electron chi connectivity index (χ0n) is 11.7. The highest BCUT2D eigenvalue weighted by atomic mass is 32.1. The van der Waals surface area contributed by atoms with Gasteiger partial charge in [0.25, 0.3) is 0 Å². The Morgan fingerprint density at radius 2 is 2.30 bits per heavy atom. The number of hydrogen-bond acceptors (Lipinski definition) is 6. The molecule has 2 aromatic heterocycles. The summed E-state index contributed by atoms with van der Waals surface area (Å²) in [5.41, 5.74) is 0.987. The summed E-state index contributed by atoms with van der Waals surface area (Å²) < 4.78 is 13.2. The Labute approximate surface area is 134 Å². The predicted molar refractivity (Wildman–Crippen MR) is 82.6 cm³/mol. The molecule has 0 aliphatic carbocycles. The number of aromatic nitrogens is 4. The predicted octanol–water partition coefficient (Wildman–Crippen LogP) is 2.77. The lowest BCUT2D eigenvalue weighted by Crippen LogP contribution is -1.99. The number of halogens is 1. The molecule has 3 rings (SSSR count). The van der Waals surface area contributed by atoms with Crippen LogP contribution >= 0.6 is 11.3 Å². The number of aliphatic hydroxyl groups is 1. The van der Waals surface area contributed by atoms with Crippen LogP contribution in [-0.4, -0.2) is 31.1 Å². The fourth-order valence-corrected chi connectivity index (χ4v) is 2.74. The van der Waals surface area contributed by atoms with E-state index in [-0.39, 0.29) is 23.1 Å². The van der Waals surface area contributed by atoms with E-state index in [9.17, 15) is 14.3 Å². The highest BCUT2D eigenvalue weighted by molar-refractivity contribution is 7.09. The first-order valence-electron chi connectivity index (χ1n) is 6.62. The number of allylic oxidation sites excluding steroid dienone is 1. The number of ketones is 1. The summed E-state index contributed by atoms with van der Waals surface area (Å²) in [6.45, 7) is 0. The lowest BCUT2D eigenvalue weighted by Gasteiger charge is -1.97. The fraction of sp³-hybridized carbons (Fsp3) is 0.0667. The molecule has 0 bridgehead atoms. The molecule has 0 atom stereocenters. The molecule has 1 aromatic carbocycles. The van der Waals surface area contributed by atoms with Crippen LogP contribution in [0.1, 0.15) is 26.9 Å². The summed E-state index contributed by atoms with van der Waals surface area (Å²) in [7, 11) is 0. The van der Waals surface area contributed by atoms with Crippen molar-refractivity contribution in [2.45, 2.75) is 6.42 Å². The molecule has 0 aliphatic heterocycles. The van der Waals surface area contributed by atoms with Crippen molar-refractivity contribution in [1.82, 2.24) is 20.2 Å². The summed E-state index contributed by atoms with van der Waals surface area (Å²) in [6, 6.07) is 6.22. The van der Waals surface area contributed by atoms with Crippen molar-refractivity contribution < 1.29 is 14.3 Å². The van der Waals surface area contributed by atoms with Gasteiger partial charge in [-0.25, -0.2) is 14.4 Å². The van der Waals surface area contributed by atoms with Gasteiger partial charge in [0.1, 0.15) is 17.8 Å². The second kappa shape index (κ2) is 6.49. The van der Waals surface area contributed by atoms with Crippen molar-refractivity contribution in [3.8, 4) is 0 Å². The number of aliphatic hydroxyl groups excluding tert-OH is 1. The van der Waals surface area contributed by atoms with Gasteiger partial charge >= 0.3 is 0 Å². The van der Waals surface area contributed by atoms with Gasteiger partial charge in [-0.1, -0.05) is 12.1 Å². The van der Waals surface area contributed by atoms with Crippen molar-refractivity contribution in [1.29, 1.82) is 0 Å². The number of benzene rings is 1. The van der Waals surface area contributed by atoms with E-state index in [1.165, 1.54) is 29.8 Å². The number of aromatic amines is 1. The monoisotopic (exact) mass is 330 g/mol. The summed E-state index contributed by atoms with van der Waals surface area (Å²) in [5.74, 6) is -1.06. The first kappa shape index (κ1) is 15.0. The fourth-order valence-electron chi connectivity index (χ4n) is 1.92. The molecule has 0 radical (unpaired) electrons.